The third-order valence-electron chi connectivity index (χ3n) is 2.88. The fourth-order valence-corrected chi connectivity index (χ4v) is 2.83. The van der Waals surface area contributed by atoms with Crippen LogP contribution >= 0.6 is 24.2 Å². The van der Waals surface area contributed by atoms with Gasteiger partial charge in [-0.15, -0.1) is 24.2 Å². The molecule has 1 unspecified atom stereocenters. The maximum absolute atomic E-state index is 11.9. The molecule has 0 heterocycles. The highest BCUT2D eigenvalue weighted by atomic mass is 35.5. The van der Waals surface area contributed by atoms with Gasteiger partial charge in [0.15, 0.2) is 0 Å². The molecule has 0 aromatic heterocycles. The topological polar surface area (TPSA) is 29.5 Å². The van der Waals surface area contributed by atoms with E-state index in [-0.39, 0.29) is 23.6 Å². The third-order valence-corrected chi connectivity index (χ3v) is 4.36. The van der Waals surface area contributed by atoms with Gasteiger partial charge >= 0.3 is 5.97 Å². The second kappa shape index (κ2) is 14.5. The van der Waals surface area contributed by atoms with Gasteiger partial charge < -0.3 is 9.64 Å². The van der Waals surface area contributed by atoms with Gasteiger partial charge in [0.25, 0.3) is 0 Å². The van der Waals surface area contributed by atoms with E-state index < -0.39 is 0 Å². The Balaban J connectivity index is 0. The lowest BCUT2D eigenvalue weighted by Crippen LogP contribution is -2.30. The van der Waals surface area contributed by atoms with Gasteiger partial charge in [0.2, 0.25) is 0 Å². The normalized spacial score (nSPS) is 12.1. The van der Waals surface area contributed by atoms with Crippen molar-refractivity contribution >= 4 is 30.1 Å². The van der Waals surface area contributed by atoms with Crippen LogP contribution in [-0.2, 0) is 9.53 Å². The molecule has 0 N–H and O–H groups in total. The number of esters is 1. The molecule has 0 aromatic rings. The van der Waals surface area contributed by atoms with Crippen LogP contribution in [0, 0.1) is 0 Å². The average molecular weight is 312 g/mol. The molecule has 0 saturated carbocycles. The Bertz CT molecular complexity index is 214. The molecule has 0 aliphatic carbocycles. The largest absolute Gasteiger partial charge is 0.463 e. The summed E-state index contributed by atoms with van der Waals surface area (Å²) in [6.45, 7) is 11.9. The molecule has 0 aromatic carbocycles. The van der Waals surface area contributed by atoms with Gasteiger partial charge in [-0.05, 0) is 31.7 Å². The lowest BCUT2D eigenvalue weighted by molar-refractivity contribution is -0.143. The van der Waals surface area contributed by atoms with E-state index >= 15 is 0 Å². The first-order valence-corrected chi connectivity index (χ1v) is 8.24. The van der Waals surface area contributed by atoms with Crippen molar-refractivity contribution in [2.75, 3.05) is 32.0 Å². The zero-order valence-electron chi connectivity index (χ0n) is 12.8. The monoisotopic (exact) mass is 311 g/mol. The number of thioether (sulfide) groups is 1. The second-order valence-corrected chi connectivity index (χ2v) is 5.65. The zero-order chi connectivity index (χ0) is 13.8. The van der Waals surface area contributed by atoms with Crippen LogP contribution in [-0.4, -0.2) is 48.1 Å². The standard InChI is InChI=1S/C14H29NO2S.ClH/c1-5-9-13(18-12-6-2)14(16)17-11-10-15(7-3)8-4;/h13H,5-12H2,1-4H3;1H. The molecule has 5 heteroatoms. The van der Waals surface area contributed by atoms with Crippen molar-refractivity contribution in [3.05, 3.63) is 0 Å². The first-order chi connectivity index (χ1) is 8.69. The summed E-state index contributed by atoms with van der Waals surface area (Å²) in [5, 5.41) is 0.0339. The summed E-state index contributed by atoms with van der Waals surface area (Å²) in [6, 6.07) is 0. The molecule has 3 nitrogen and oxygen atoms in total. The summed E-state index contributed by atoms with van der Waals surface area (Å²) in [5.41, 5.74) is 0. The van der Waals surface area contributed by atoms with Crippen LogP contribution in [0.5, 0.6) is 0 Å². The number of rotatable bonds is 11. The smallest absolute Gasteiger partial charge is 0.319 e. The maximum Gasteiger partial charge on any atom is 0.319 e. The first-order valence-electron chi connectivity index (χ1n) is 7.20. The Labute approximate surface area is 129 Å². The Morgan fingerprint density at radius 3 is 2.26 bits per heavy atom. The third kappa shape index (κ3) is 10.5. The van der Waals surface area contributed by atoms with Crippen LogP contribution in [0.25, 0.3) is 0 Å². The summed E-state index contributed by atoms with van der Waals surface area (Å²) in [7, 11) is 0. The number of likely N-dealkylation sites (N-methyl/N-ethyl adjacent to an activating group) is 1. The van der Waals surface area contributed by atoms with Gasteiger partial charge in [0, 0.05) is 6.54 Å². The van der Waals surface area contributed by atoms with E-state index in [1.807, 2.05) is 0 Å². The molecular formula is C14H30ClNO2S. The predicted molar refractivity (Wildman–Crippen MR) is 87.4 cm³/mol. The minimum atomic E-state index is -0.0255. The molecule has 116 valence electrons. The molecule has 0 aliphatic rings. The fourth-order valence-electron chi connectivity index (χ4n) is 1.70. The van der Waals surface area contributed by atoms with Gasteiger partial charge in [-0.25, -0.2) is 0 Å². The molecule has 19 heavy (non-hydrogen) atoms. The van der Waals surface area contributed by atoms with Crippen molar-refractivity contribution in [3.8, 4) is 0 Å². The molecule has 0 spiro atoms. The zero-order valence-corrected chi connectivity index (χ0v) is 14.4. The molecule has 0 bridgehead atoms. The van der Waals surface area contributed by atoms with Crippen LogP contribution in [0.2, 0.25) is 0 Å². The van der Waals surface area contributed by atoms with E-state index in [2.05, 4.69) is 32.6 Å². The average Bonchev–Trinajstić information content (AvgIpc) is 2.39. The summed E-state index contributed by atoms with van der Waals surface area (Å²) in [4.78, 5) is 14.2. The summed E-state index contributed by atoms with van der Waals surface area (Å²) >= 11 is 1.74. The van der Waals surface area contributed by atoms with Crippen molar-refractivity contribution in [1.29, 1.82) is 0 Å². The van der Waals surface area contributed by atoms with Crippen molar-refractivity contribution in [2.45, 2.75) is 52.2 Å². The van der Waals surface area contributed by atoms with Crippen LogP contribution in [0.15, 0.2) is 0 Å². The Hall–Kier alpha value is 0.0700. The molecule has 0 amide bonds. The van der Waals surface area contributed by atoms with Crippen LogP contribution in [0.4, 0.5) is 0 Å². The minimum Gasteiger partial charge on any atom is -0.463 e. The minimum absolute atomic E-state index is 0. The van der Waals surface area contributed by atoms with E-state index in [0.717, 1.165) is 44.6 Å². The second-order valence-electron chi connectivity index (χ2n) is 4.34. The van der Waals surface area contributed by atoms with Crippen LogP contribution in [0.1, 0.15) is 47.0 Å². The van der Waals surface area contributed by atoms with Crippen molar-refractivity contribution in [3.63, 3.8) is 0 Å². The number of hydrogen-bond donors (Lipinski definition) is 0. The van der Waals surface area contributed by atoms with E-state index in [1.54, 1.807) is 11.8 Å². The summed E-state index contributed by atoms with van der Waals surface area (Å²) < 4.78 is 5.39. The van der Waals surface area contributed by atoms with Crippen molar-refractivity contribution < 1.29 is 9.53 Å². The molecule has 1 atom stereocenters. The SMILES string of the molecule is CCCSC(CCC)C(=O)OCCN(CC)CC.Cl. The Morgan fingerprint density at radius 2 is 1.79 bits per heavy atom. The lowest BCUT2D eigenvalue weighted by Gasteiger charge is -2.19. The van der Waals surface area contributed by atoms with E-state index in [9.17, 15) is 4.79 Å². The number of carbonyl (C=O) groups is 1. The van der Waals surface area contributed by atoms with E-state index in [1.165, 1.54) is 0 Å². The number of carbonyl (C=O) groups excluding carboxylic acids is 1. The highest BCUT2D eigenvalue weighted by Gasteiger charge is 2.19. The highest BCUT2D eigenvalue weighted by Crippen LogP contribution is 2.18. The highest BCUT2D eigenvalue weighted by molar-refractivity contribution is 8.00. The molecule has 0 aliphatic heterocycles. The van der Waals surface area contributed by atoms with Crippen LogP contribution in [0.3, 0.4) is 0 Å². The Morgan fingerprint density at radius 1 is 1.16 bits per heavy atom. The lowest BCUT2D eigenvalue weighted by atomic mass is 10.2. The molecule has 0 radical (unpaired) electrons. The fraction of sp³-hybridized carbons (Fsp3) is 0.929. The Kier molecular flexibility index (Phi) is 16.3. The number of halogens is 1. The van der Waals surface area contributed by atoms with Gasteiger partial charge in [0.1, 0.15) is 11.9 Å². The number of hydrogen-bond acceptors (Lipinski definition) is 4. The van der Waals surface area contributed by atoms with Crippen LogP contribution < -0.4 is 0 Å². The maximum atomic E-state index is 11.9. The van der Waals surface area contributed by atoms with Crippen molar-refractivity contribution in [2.24, 2.45) is 0 Å². The van der Waals surface area contributed by atoms with Gasteiger partial charge in [0.05, 0.1) is 0 Å². The summed E-state index contributed by atoms with van der Waals surface area (Å²) in [6.07, 6.45) is 3.07. The van der Waals surface area contributed by atoms with E-state index in [0.29, 0.717) is 6.61 Å². The molecule has 0 saturated heterocycles. The van der Waals surface area contributed by atoms with Gasteiger partial charge in [-0.2, -0.15) is 0 Å². The molecule has 0 rings (SSSR count). The molecule has 0 fully saturated rings. The first kappa shape index (κ1) is 21.4. The number of nitrogens with zero attached hydrogens (tertiary/aromatic N) is 1. The van der Waals surface area contributed by atoms with E-state index in [4.69, 9.17) is 4.74 Å². The number of ether oxygens (including phenoxy) is 1. The predicted octanol–water partition coefficient (Wildman–Crippen LogP) is 3.61. The summed E-state index contributed by atoms with van der Waals surface area (Å²) in [5.74, 6) is 1.01. The quantitative estimate of drug-likeness (QED) is 0.545. The van der Waals surface area contributed by atoms with Gasteiger partial charge in [-0.3, -0.25) is 4.79 Å². The molecular weight excluding hydrogens is 282 g/mol. The van der Waals surface area contributed by atoms with Crippen molar-refractivity contribution in [1.82, 2.24) is 4.90 Å². The van der Waals surface area contributed by atoms with Gasteiger partial charge in [-0.1, -0.05) is 34.1 Å².